The highest BCUT2D eigenvalue weighted by Gasteiger charge is 2.16. The maximum absolute atomic E-state index is 10.7. The standard InChI is InChI=1S/C8H14N2O3S/c1-3-7(11)10-9-6(8(12)13)4-5-14-2/h3,6,9H,1,4-5H2,2H3,(H,10,11)(H,12,13)/t6-/m0/s1. The van der Waals surface area contributed by atoms with Gasteiger partial charge in [-0.1, -0.05) is 6.58 Å². The molecular formula is C8H14N2O3S. The van der Waals surface area contributed by atoms with Crippen LogP contribution in [-0.2, 0) is 9.59 Å². The van der Waals surface area contributed by atoms with Gasteiger partial charge in [-0.2, -0.15) is 11.8 Å². The zero-order valence-corrected chi connectivity index (χ0v) is 8.76. The summed E-state index contributed by atoms with van der Waals surface area (Å²) in [6, 6.07) is -0.758. The van der Waals surface area contributed by atoms with E-state index in [1.165, 1.54) is 0 Å². The molecule has 0 saturated heterocycles. The molecule has 6 heteroatoms. The van der Waals surface area contributed by atoms with Gasteiger partial charge in [-0.15, -0.1) is 0 Å². The molecule has 5 nitrogen and oxygen atoms in total. The van der Waals surface area contributed by atoms with E-state index in [1.54, 1.807) is 11.8 Å². The number of hydrogen-bond donors (Lipinski definition) is 3. The van der Waals surface area contributed by atoms with Crippen LogP contribution >= 0.6 is 11.8 Å². The van der Waals surface area contributed by atoms with Crippen molar-refractivity contribution in [2.24, 2.45) is 0 Å². The zero-order chi connectivity index (χ0) is 11.0. The second-order valence-electron chi connectivity index (χ2n) is 2.51. The lowest BCUT2D eigenvalue weighted by molar-refractivity contribution is -0.140. The molecule has 0 saturated carbocycles. The Morgan fingerprint density at radius 3 is 2.71 bits per heavy atom. The van der Waals surface area contributed by atoms with E-state index < -0.39 is 17.9 Å². The van der Waals surface area contributed by atoms with Crippen molar-refractivity contribution in [3.63, 3.8) is 0 Å². The molecular weight excluding hydrogens is 204 g/mol. The van der Waals surface area contributed by atoms with Crippen LogP contribution in [0.15, 0.2) is 12.7 Å². The van der Waals surface area contributed by atoms with Crippen molar-refractivity contribution < 1.29 is 14.7 Å². The minimum atomic E-state index is -0.983. The average molecular weight is 218 g/mol. The van der Waals surface area contributed by atoms with Crippen LogP contribution < -0.4 is 10.9 Å². The van der Waals surface area contributed by atoms with Gasteiger partial charge >= 0.3 is 5.97 Å². The maximum atomic E-state index is 10.7. The minimum Gasteiger partial charge on any atom is -0.480 e. The molecule has 0 spiro atoms. The summed E-state index contributed by atoms with van der Waals surface area (Å²) >= 11 is 1.55. The fourth-order valence-electron chi connectivity index (χ4n) is 0.702. The van der Waals surface area contributed by atoms with Crippen molar-refractivity contribution >= 4 is 23.6 Å². The van der Waals surface area contributed by atoms with Crippen LogP contribution in [0.5, 0.6) is 0 Å². The molecule has 0 fully saturated rings. The molecule has 0 rings (SSSR count). The smallest absolute Gasteiger partial charge is 0.322 e. The van der Waals surface area contributed by atoms with Crippen LogP contribution in [-0.4, -0.2) is 35.0 Å². The number of thioether (sulfide) groups is 1. The van der Waals surface area contributed by atoms with E-state index in [0.717, 1.165) is 6.08 Å². The first-order chi connectivity index (χ1) is 6.61. The molecule has 0 aromatic rings. The summed E-state index contributed by atoms with van der Waals surface area (Å²) in [5, 5.41) is 8.74. The number of carboxylic acids is 1. The number of carbonyl (C=O) groups is 2. The molecule has 14 heavy (non-hydrogen) atoms. The summed E-state index contributed by atoms with van der Waals surface area (Å²) in [7, 11) is 0. The molecule has 0 aliphatic rings. The fourth-order valence-corrected chi connectivity index (χ4v) is 1.17. The Bertz CT molecular complexity index is 221. The molecule has 1 atom stereocenters. The lowest BCUT2D eigenvalue weighted by Gasteiger charge is -2.13. The lowest BCUT2D eigenvalue weighted by Crippen LogP contribution is -2.47. The summed E-state index contributed by atoms with van der Waals surface area (Å²) in [5.74, 6) is -0.711. The van der Waals surface area contributed by atoms with Gasteiger partial charge < -0.3 is 5.11 Å². The van der Waals surface area contributed by atoms with Gasteiger partial charge in [0.15, 0.2) is 0 Å². The van der Waals surface area contributed by atoms with Crippen LogP contribution in [0.1, 0.15) is 6.42 Å². The highest BCUT2D eigenvalue weighted by Crippen LogP contribution is 1.99. The normalized spacial score (nSPS) is 11.8. The van der Waals surface area contributed by atoms with Crippen molar-refractivity contribution in [2.75, 3.05) is 12.0 Å². The van der Waals surface area contributed by atoms with Crippen molar-refractivity contribution in [2.45, 2.75) is 12.5 Å². The number of carbonyl (C=O) groups excluding carboxylic acids is 1. The summed E-state index contributed by atoms with van der Waals surface area (Å²) in [6.45, 7) is 3.24. The maximum Gasteiger partial charge on any atom is 0.322 e. The van der Waals surface area contributed by atoms with Crippen LogP contribution in [0.3, 0.4) is 0 Å². The van der Waals surface area contributed by atoms with Crippen molar-refractivity contribution in [3.05, 3.63) is 12.7 Å². The van der Waals surface area contributed by atoms with E-state index in [4.69, 9.17) is 5.11 Å². The summed E-state index contributed by atoms with van der Waals surface area (Å²) in [4.78, 5) is 21.4. The molecule has 1 amide bonds. The lowest BCUT2D eigenvalue weighted by atomic mass is 10.2. The third kappa shape index (κ3) is 5.60. The van der Waals surface area contributed by atoms with E-state index >= 15 is 0 Å². The summed E-state index contributed by atoms with van der Waals surface area (Å²) < 4.78 is 0. The van der Waals surface area contributed by atoms with Crippen LogP contribution in [0.2, 0.25) is 0 Å². The monoisotopic (exact) mass is 218 g/mol. The van der Waals surface area contributed by atoms with E-state index in [2.05, 4.69) is 17.4 Å². The van der Waals surface area contributed by atoms with Gasteiger partial charge in [-0.3, -0.25) is 15.0 Å². The Labute approximate surface area is 86.9 Å². The Hall–Kier alpha value is -1.01. The number of carboxylic acid groups (broad SMARTS) is 1. The number of amides is 1. The topological polar surface area (TPSA) is 78.4 Å². The first-order valence-corrected chi connectivity index (χ1v) is 5.41. The Balaban J connectivity index is 3.90. The van der Waals surface area contributed by atoms with Crippen molar-refractivity contribution in [1.29, 1.82) is 0 Å². The molecule has 3 N–H and O–H groups in total. The number of aliphatic carboxylic acids is 1. The van der Waals surface area contributed by atoms with Gasteiger partial charge in [-0.25, -0.2) is 5.43 Å². The van der Waals surface area contributed by atoms with E-state index in [0.29, 0.717) is 12.2 Å². The van der Waals surface area contributed by atoms with E-state index in [9.17, 15) is 9.59 Å². The van der Waals surface area contributed by atoms with E-state index in [1.807, 2.05) is 6.26 Å². The third-order valence-corrected chi connectivity index (χ3v) is 2.11. The highest BCUT2D eigenvalue weighted by atomic mass is 32.2. The average Bonchev–Trinajstić information content (AvgIpc) is 2.16. The molecule has 80 valence electrons. The Morgan fingerprint density at radius 2 is 2.29 bits per heavy atom. The largest absolute Gasteiger partial charge is 0.480 e. The molecule has 0 radical (unpaired) electrons. The molecule has 0 aromatic carbocycles. The van der Waals surface area contributed by atoms with Crippen LogP contribution in [0.4, 0.5) is 0 Å². The summed E-state index contributed by atoms with van der Waals surface area (Å²) in [6.07, 6.45) is 3.41. The highest BCUT2D eigenvalue weighted by molar-refractivity contribution is 7.98. The molecule has 0 aromatic heterocycles. The SMILES string of the molecule is C=CC(=O)NN[C@@H](CCSC)C(=O)O. The number of rotatable bonds is 7. The molecule has 0 bridgehead atoms. The molecule has 0 aliphatic heterocycles. The number of hydrogen-bond acceptors (Lipinski definition) is 4. The number of nitrogens with one attached hydrogen (secondary N) is 2. The second-order valence-corrected chi connectivity index (χ2v) is 3.50. The van der Waals surface area contributed by atoms with Crippen LogP contribution in [0, 0.1) is 0 Å². The fraction of sp³-hybridized carbons (Fsp3) is 0.500. The van der Waals surface area contributed by atoms with Gasteiger partial charge in [0.25, 0.3) is 5.91 Å². The Kier molecular flexibility index (Phi) is 6.87. The summed E-state index contributed by atoms with van der Waals surface area (Å²) in [5.41, 5.74) is 4.65. The minimum absolute atomic E-state index is 0.444. The quantitative estimate of drug-likeness (QED) is 0.414. The van der Waals surface area contributed by atoms with Crippen LogP contribution in [0.25, 0.3) is 0 Å². The second kappa shape index (κ2) is 7.40. The van der Waals surface area contributed by atoms with Gasteiger partial charge in [0.1, 0.15) is 6.04 Å². The predicted molar refractivity (Wildman–Crippen MR) is 55.9 cm³/mol. The first kappa shape index (κ1) is 13.0. The third-order valence-electron chi connectivity index (χ3n) is 1.46. The van der Waals surface area contributed by atoms with Gasteiger partial charge in [0, 0.05) is 0 Å². The van der Waals surface area contributed by atoms with E-state index in [-0.39, 0.29) is 0 Å². The van der Waals surface area contributed by atoms with Gasteiger partial charge in [-0.05, 0) is 24.5 Å². The van der Waals surface area contributed by atoms with Crippen molar-refractivity contribution in [1.82, 2.24) is 10.9 Å². The molecule has 0 unspecified atom stereocenters. The van der Waals surface area contributed by atoms with Crippen molar-refractivity contribution in [3.8, 4) is 0 Å². The van der Waals surface area contributed by atoms with Gasteiger partial charge in [0.05, 0.1) is 0 Å². The molecule has 0 heterocycles. The predicted octanol–water partition coefficient (Wildman–Crippen LogP) is -0.000500. The zero-order valence-electron chi connectivity index (χ0n) is 7.95. The number of hydrazine groups is 1. The Morgan fingerprint density at radius 1 is 1.64 bits per heavy atom. The molecule has 0 aliphatic carbocycles. The first-order valence-electron chi connectivity index (χ1n) is 4.01. The van der Waals surface area contributed by atoms with Gasteiger partial charge in [0.2, 0.25) is 0 Å².